The Morgan fingerprint density at radius 1 is 1.50 bits per heavy atom. The minimum atomic E-state index is -0.441. The molecular formula is C9H20N2O3. The SMILES string of the molecule is COCCNC(=O)C(C)NC[C@H](C)O. The first kappa shape index (κ1) is 13.4. The van der Waals surface area contributed by atoms with Gasteiger partial charge in [-0.25, -0.2) is 0 Å². The van der Waals surface area contributed by atoms with Crippen LogP contribution in [0, 0.1) is 0 Å². The summed E-state index contributed by atoms with van der Waals surface area (Å²) < 4.78 is 4.80. The second kappa shape index (κ2) is 7.73. The van der Waals surface area contributed by atoms with Crippen LogP contribution in [0.3, 0.4) is 0 Å². The molecule has 0 bridgehead atoms. The van der Waals surface area contributed by atoms with Crippen molar-refractivity contribution in [1.82, 2.24) is 10.6 Å². The van der Waals surface area contributed by atoms with Gasteiger partial charge in [-0.3, -0.25) is 4.79 Å². The van der Waals surface area contributed by atoms with Crippen LogP contribution in [0.5, 0.6) is 0 Å². The number of hydrogen-bond donors (Lipinski definition) is 3. The Kier molecular flexibility index (Phi) is 7.37. The molecule has 3 N–H and O–H groups in total. The van der Waals surface area contributed by atoms with Crippen LogP contribution in [0.4, 0.5) is 0 Å². The molecular weight excluding hydrogens is 184 g/mol. The highest BCUT2D eigenvalue weighted by Crippen LogP contribution is 1.83. The molecule has 0 fully saturated rings. The Balaban J connectivity index is 3.54. The monoisotopic (exact) mass is 204 g/mol. The number of carbonyl (C=O) groups excluding carboxylic acids is 1. The average Bonchev–Trinajstić information content (AvgIpc) is 2.14. The molecule has 14 heavy (non-hydrogen) atoms. The largest absolute Gasteiger partial charge is 0.392 e. The van der Waals surface area contributed by atoms with Gasteiger partial charge in [0.2, 0.25) is 5.91 Å². The number of hydrogen-bond acceptors (Lipinski definition) is 4. The lowest BCUT2D eigenvalue weighted by Crippen LogP contribution is -2.45. The predicted molar refractivity (Wildman–Crippen MR) is 54.0 cm³/mol. The van der Waals surface area contributed by atoms with Crippen molar-refractivity contribution in [2.45, 2.75) is 26.0 Å². The number of rotatable bonds is 7. The van der Waals surface area contributed by atoms with E-state index in [1.807, 2.05) is 0 Å². The van der Waals surface area contributed by atoms with E-state index < -0.39 is 6.10 Å². The molecule has 0 aliphatic heterocycles. The normalized spacial score (nSPS) is 14.9. The Bertz CT molecular complexity index is 162. The lowest BCUT2D eigenvalue weighted by atomic mass is 10.3. The molecule has 0 aliphatic carbocycles. The maximum Gasteiger partial charge on any atom is 0.236 e. The van der Waals surface area contributed by atoms with Crippen molar-refractivity contribution in [3.05, 3.63) is 0 Å². The number of amides is 1. The summed E-state index contributed by atoms with van der Waals surface area (Å²) in [5.74, 6) is -0.0808. The standard InChI is InChI=1S/C9H20N2O3/c1-7(12)6-11-8(2)9(13)10-4-5-14-3/h7-8,11-12H,4-6H2,1-3H3,(H,10,13)/t7-,8?/m0/s1. The highest BCUT2D eigenvalue weighted by molar-refractivity contribution is 5.81. The minimum Gasteiger partial charge on any atom is -0.392 e. The molecule has 84 valence electrons. The van der Waals surface area contributed by atoms with E-state index in [1.165, 1.54) is 0 Å². The van der Waals surface area contributed by atoms with Gasteiger partial charge in [0.1, 0.15) is 0 Å². The first-order valence-electron chi connectivity index (χ1n) is 4.76. The molecule has 2 atom stereocenters. The zero-order chi connectivity index (χ0) is 11.0. The van der Waals surface area contributed by atoms with Crippen LogP contribution in [-0.4, -0.2) is 50.0 Å². The lowest BCUT2D eigenvalue weighted by Gasteiger charge is -2.14. The van der Waals surface area contributed by atoms with E-state index in [1.54, 1.807) is 21.0 Å². The third-order valence-corrected chi connectivity index (χ3v) is 1.72. The number of nitrogens with one attached hydrogen (secondary N) is 2. The Labute approximate surface area is 84.8 Å². The van der Waals surface area contributed by atoms with Crippen LogP contribution < -0.4 is 10.6 Å². The maximum atomic E-state index is 11.3. The van der Waals surface area contributed by atoms with E-state index in [2.05, 4.69) is 10.6 Å². The van der Waals surface area contributed by atoms with Crippen LogP contribution in [0.1, 0.15) is 13.8 Å². The molecule has 0 aromatic carbocycles. The summed E-state index contributed by atoms with van der Waals surface area (Å²) in [7, 11) is 1.58. The third-order valence-electron chi connectivity index (χ3n) is 1.72. The van der Waals surface area contributed by atoms with Gasteiger partial charge in [0, 0.05) is 20.2 Å². The fourth-order valence-electron chi connectivity index (χ4n) is 0.869. The molecule has 0 saturated heterocycles. The van der Waals surface area contributed by atoms with Crippen molar-refractivity contribution in [2.24, 2.45) is 0 Å². The van der Waals surface area contributed by atoms with Crippen molar-refractivity contribution >= 4 is 5.91 Å². The van der Waals surface area contributed by atoms with E-state index in [0.717, 1.165) is 0 Å². The summed E-state index contributed by atoms with van der Waals surface area (Å²) in [6.45, 7) is 4.86. The summed E-state index contributed by atoms with van der Waals surface area (Å²) in [4.78, 5) is 11.3. The smallest absolute Gasteiger partial charge is 0.236 e. The topological polar surface area (TPSA) is 70.6 Å². The second-order valence-electron chi connectivity index (χ2n) is 3.26. The first-order valence-corrected chi connectivity index (χ1v) is 4.76. The lowest BCUT2D eigenvalue weighted by molar-refractivity contribution is -0.123. The zero-order valence-electron chi connectivity index (χ0n) is 9.04. The van der Waals surface area contributed by atoms with Crippen LogP contribution in [0.25, 0.3) is 0 Å². The number of carbonyl (C=O) groups is 1. The number of ether oxygens (including phenoxy) is 1. The predicted octanol–water partition coefficient (Wildman–Crippen LogP) is -0.892. The van der Waals surface area contributed by atoms with E-state index >= 15 is 0 Å². The van der Waals surface area contributed by atoms with Crippen molar-refractivity contribution in [3.8, 4) is 0 Å². The summed E-state index contributed by atoms with van der Waals surface area (Å²) in [5.41, 5.74) is 0. The van der Waals surface area contributed by atoms with Gasteiger partial charge in [-0.15, -0.1) is 0 Å². The fraction of sp³-hybridized carbons (Fsp3) is 0.889. The molecule has 0 aliphatic rings. The molecule has 1 amide bonds. The van der Waals surface area contributed by atoms with Crippen LogP contribution in [0.15, 0.2) is 0 Å². The van der Waals surface area contributed by atoms with Gasteiger partial charge in [0.15, 0.2) is 0 Å². The van der Waals surface area contributed by atoms with Gasteiger partial charge in [0.25, 0.3) is 0 Å². The Hall–Kier alpha value is -0.650. The molecule has 0 aromatic rings. The third kappa shape index (κ3) is 6.82. The molecule has 0 radical (unpaired) electrons. The summed E-state index contributed by atoms with van der Waals surface area (Å²) >= 11 is 0. The molecule has 0 aromatic heterocycles. The summed E-state index contributed by atoms with van der Waals surface area (Å²) in [6.07, 6.45) is -0.441. The van der Waals surface area contributed by atoms with E-state index in [9.17, 15) is 4.79 Å². The second-order valence-corrected chi connectivity index (χ2v) is 3.26. The first-order chi connectivity index (χ1) is 6.57. The van der Waals surface area contributed by atoms with E-state index in [-0.39, 0.29) is 11.9 Å². The van der Waals surface area contributed by atoms with Gasteiger partial charge < -0.3 is 20.5 Å². The molecule has 1 unspecified atom stereocenters. The quantitative estimate of drug-likeness (QED) is 0.470. The van der Waals surface area contributed by atoms with Crippen molar-refractivity contribution in [2.75, 3.05) is 26.8 Å². The molecule has 5 heteroatoms. The summed E-state index contributed by atoms with van der Waals surface area (Å²) in [6, 6.07) is -0.290. The van der Waals surface area contributed by atoms with Crippen LogP contribution in [-0.2, 0) is 9.53 Å². The molecule has 0 rings (SSSR count). The highest BCUT2D eigenvalue weighted by Gasteiger charge is 2.11. The zero-order valence-corrected chi connectivity index (χ0v) is 9.04. The van der Waals surface area contributed by atoms with Crippen molar-refractivity contribution < 1.29 is 14.6 Å². The maximum absolute atomic E-state index is 11.3. The Morgan fingerprint density at radius 3 is 2.64 bits per heavy atom. The number of methoxy groups -OCH3 is 1. The average molecular weight is 204 g/mol. The summed E-state index contributed by atoms with van der Waals surface area (Å²) in [5, 5.41) is 14.6. The highest BCUT2D eigenvalue weighted by atomic mass is 16.5. The molecule has 5 nitrogen and oxygen atoms in total. The van der Waals surface area contributed by atoms with E-state index in [4.69, 9.17) is 9.84 Å². The number of aliphatic hydroxyl groups is 1. The van der Waals surface area contributed by atoms with Gasteiger partial charge in [0.05, 0.1) is 18.8 Å². The van der Waals surface area contributed by atoms with Crippen molar-refractivity contribution in [3.63, 3.8) is 0 Å². The van der Waals surface area contributed by atoms with E-state index in [0.29, 0.717) is 19.7 Å². The van der Waals surface area contributed by atoms with Crippen LogP contribution >= 0.6 is 0 Å². The van der Waals surface area contributed by atoms with Crippen molar-refractivity contribution in [1.29, 1.82) is 0 Å². The van der Waals surface area contributed by atoms with Gasteiger partial charge >= 0.3 is 0 Å². The Morgan fingerprint density at radius 2 is 2.14 bits per heavy atom. The van der Waals surface area contributed by atoms with Gasteiger partial charge in [-0.2, -0.15) is 0 Å². The number of aliphatic hydroxyl groups excluding tert-OH is 1. The van der Waals surface area contributed by atoms with Crippen LogP contribution in [0.2, 0.25) is 0 Å². The molecule has 0 heterocycles. The minimum absolute atomic E-state index is 0.0808. The molecule has 0 spiro atoms. The van der Waals surface area contributed by atoms with Gasteiger partial charge in [-0.1, -0.05) is 0 Å². The molecule has 0 saturated carbocycles. The fourth-order valence-corrected chi connectivity index (χ4v) is 0.869. The van der Waals surface area contributed by atoms with Gasteiger partial charge in [-0.05, 0) is 13.8 Å².